The van der Waals surface area contributed by atoms with E-state index in [1.54, 1.807) is 24.6 Å². The lowest BCUT2D eigenvalue weighted by atomic mass is 10.2. The first kappa shape index (κ1) is 20.5. The number of halogens is 2. The molecule has 2 heterocycles. The molecule has 0 aliphatic carbocycles. The van der Waals surface area contributed by atoms with Crippen LogP contribution < -0.4 is 5.32 Å². The Balaban J connectivity index is 1.76. The van der Waals surface area contributed by atoms with Crippen LogP contribution in [-0.4, -0.2) is 30.4 Å². The predicted molar refractivity (Wildman–Crippen MR) is 104 cm³/mol. The molecule has 3 aromatic rings. The number of aromatic nitrogens is 4. The molecule has 1 amide bonds. The molecule has 152 valence electrons. The summed E-state index contributed by atoms with van der Waals surface area (Å²) in [6.07, 6.45) is 1.11. The normalized spacial score (nSPS) is 10.9. The maximum Gasteiger partial charge on any atom is 0.309 e. The molecular weight excluding hydrogens is 403 g/mol. The summed E-state index contributed by atoms with van der Waals surface area (Å²) in [5.41, 5.74) is 2.66. The second-order valence-corrected chi connectivity index (χ2v) is 6.92. The lowest BCUT2D eigenvalue weighted by molar-refractivity contribution is -0.385. The maximum absolute atomic E-state index is 13.2. The van der Waals surface area contributed by atoms with Crippen molar-refractivity contribution in [1.82, 2.24) is 19.6 Å². The number of nitrogens with zero attached hydrogens (tertiary/aromatic N) is 5. The number of benzene rings is 1. The van der Waals surface area contributed by atoms with E-state index in [9.17, 15) is 19.3 Å². The van der Waals surface area contributed by atoms with E-state index in [4.69, 9.17) is 11.6 Å². The smallest absolute Gasteiger partial charge is 0.309 e. The van der Waals surface area contributed by atoms with E-state index in [-0.39, 0.29) is 12.2 Å². The van der Waals surface area contributed by atoms with E-state index in [1.165, 1.54) is 23.7 Å². The Bertz CT molecular complexity index is 1110. The van der Waals surface area contributed by atoms with Crippen molar-refractivity contribution in [3.05, 3.63) is 68.0 Å². The third-order valence-electron chi connectivity index (χ3n) is 4.55. The van der Waals surface area contributed by atoms with Crippen LogP contribution in [0.4, 0.5) is 15.8 Å². The number of carbonyl (C=O) groups is 1. The SMILES string of the molecule is Cc1nn(Cc2ccc(F)cc2Cl)c(C)c1NC(=O)Cn1ncc([N+](=O)[O-])c1C. The highest BCUT2D eigenvalue weighted by atomic mass is 35.5. The largest absolute Gasteiger partial charge is 0.321 e. The first-order chi connectivity index (χ1) is 13.7. The van der Waals surface area contributed by atoms with E-state index in [0.717, 1.165) is 6.20 Å². The summed E-state index contributed by atoms with van der Waals surface area (Å²) in [5, 5.41) is 22.3. The van der Waals surface area contributed by atoms with Crippen LogP contribution in [0.15, 0.2) is 24.4 Å². The van der Waals surface area contributed by atoms with E-state index < -0.39 is 16.6 Å². The number of anilines is 1. The summed E-state index contributed by atoms with van der Waals surface area (Å²) in [7, 11) is 0. The van der Waals surface area contributed by atoms with Crippen LogP contribution in [0.1, 0.15) is 22.6 Å². The number of nitrogens with one attached hydrogen (secondary N) is 1. The quantitative estimate of drug-likeness (QED) is 0.485. The number of amides is 1. The molecule has 2 aromatic heterocycles. The molecule has 0 fully saturated rings. The minimum absolute atomic E-state index is 0.144. The minimum Gasteiger partial charge on any atom is -0.321 e. The van der Waals surface area contributed by atoms with Crippen molar-refractivity contribution in [3.63, 3.8) is 0 Å². The lowest BCUT2D eigenvalue weighted by Gasteiger charge is -2.09. The van der Waals surface area contributed by atoms with Crippen molar-refractivity contribution in [2.75, 3.05) is 5.32 Å². The minimum atomic E-state index is -0.546. The van der Waals surface area contributed by atoms with E-state index in [2.05, 4.69) is 15.5 Å². The van der Waals surface area contributed by atoms with Gasteiger partial charge >= 0.3 is 5.69 Å². The highest BCUT2D eigenvalue weighted by Gasteiger charge is 2.20. The summed E-state index contributed by atoms with van der Waals surface area (Å²) in [6, 6.07) is 4.14. The van der Waals surface area contributed by atoms with Crippen LogP contribution in [0.25, 0.3) is 0 Å². The van der Waals surface area contributed by atoms with Crippen molar-refractivity contribution >= 4 is 28.9 Å². The number of nitro groups is 1. The van der Waals surface area contributed by atoms with Crippen molar-refractivity contribution in [2.45, 2.75) is 33.9 Å². The van der Waals surface area contributed by atoms with Crippen LogP contribution >= 0.6 is 11.6 Å². The molecule has 11 heteroatoms. The first-order valence-corrected chi connectivity index (χ1v) is 8.99. The molecule has 9 nitrogen and oxygen atoms in total. The molecule has 0 bridgehead atoms. The van der Waals surface area contributed by atoms with Crippen molar-refractivity contribution in [1.29, 1.82) is 0 Å². The molecule has 1 aromatic carbocycles. The highest BCUT2D eigenvalue weighted by molar-refractivity contribution is 6.31. The van der Waals surface area contributed by atoms with Gasteiger partial charge in [-0.25, -0.2) is 4.39 Å². The standard InChI is InChI=1S/C18H18ClFN6O3/c1-10-18(22-17(27)9-24-11(2)16(7-21-24)26(28)29)12(3)25(23-10)8-13-4-5-14(20)6-15(13)19/h4-7H,8-9H2,1-3H3,(H,22,27). The Morgan fingerprint density at radius 1 is 1.28 bits per heavy atom. The van der Waals surface area contributed by atoms with Gasteiger partial charge in [0.25, 0.3) is 0 Å². The van der Waals surface area contributed by atoms with Gasteiger partial charge in [-0.05, 0) is 38.5 Å². The Kier molecular flexibility index (Phi) is 5.64. The molecule has 0 aliphatic heterocycles. The van der Waals surface area contributed by atoms with Crippen LogP contribution in [0.5, 0.6) is 0 Å². The molecule has 0 spiro atoms. The second kappa shape index (κ2) is 8.00. The fourth-order valence-electron chi connectivity index (χ4n) is 2.93. The number of hydrogen-bond donors (Lipinski definition) is 1. The Hall–Kier alpha value is -3.27. The molecule has 0 radical (unpaired) electrons. The van der Waals surface area contributed by atoms with Crippen molar-refractivity contribution in [3.8, 4) is 0 Å². The topological polar surface area (TPSA) is 108 Å². The Morgan fingerprint density at radius 3 is 2.62 bits per heavy atom. The van der Waals surface area contributed by atoms with Crippen LogP contribution in [-0.2, 0) is 17.9 Å². The molecular formula is C18H18ClFN6O3. The summed E-state index contributed by atoms with van der Waals surface area (Å²) >= 11 is 6.08. The van der Waals surface area contributed by atoms with Gasteiger partial charge in [-0.1, -0.05) is 17.7 Å². The highest BCUT2D eigenvalue weighted by Crippen LogP contribution is 2.24. The number of hydrogen-bond acceptors (Lipinski definition) is 5. The van der Waals surface area contributed by atoms with Gasteiger partial charge in [0.1, 0.15) is 24.3 Å². The lowest BCUT2D eigenvalue weighted by Crippen LogP contribution is -2.21. The molecule has 0 saturated heterocycles. The van der Waals surface area contributed by atoms with E-state index >= 15 is 0 Å². The monoisotopic (exact) mass is 420 g/mol. The van der Waals surface area contributed by atoms with Crippen LogP contribution in [0, 0.1) is 36.7 Å². The summed E-state index contributed by atoms with van der Waals surface area (Å²) in [6.45, 7) is 5.20. The molecule has 0 unspecified atom stereocenters. The number of aryl methyl sites for hydroxylation is 1. The third-order valence-corrected chi connectivity index (χ3v) is 4.90. The Labute approximate surface area is 170 Å². The van der Waals surface area contributed by atoms with E-state index in [0.29, 0.717) is 39.9 Å². The third kappa shape index (κ3) is 4.27. The van der Waals surface area contributed by atoms with Gasteiger partial charge in [0.05, 0.1) is 28.5 Å². The van der Waals surface area contributed by atoms with Crippen LogP contribution in [0.3, 0.4) is 0 Å². The van der Waals surface area contributed by atoms with Crippen molar-refractivity contribution < 1.29 is 14.1 Å². The average Bonchev–Trinajstić information content (AvgIpc) is 3.12. The van der Waals surface area contributed by atoms with Gasteiger partial charge in [-0.15, -0.1) is 0 Å². The zero-order chi connectivity index (χ0) is 21.3. The van der Waals surface area contributed by atoms with Gasteiger partial charge in [0.15, 0.2) is 0 Å². The second-order valence-electron chi connectivity index (χ2n) is 6.52. The Morgan fingerprint density at radius 2 is 2.00 bits per heavy atom. The molecule has 1 N–H and O–H groups in total. The molecule has 0 saturated carbocycles. The van der Waals surface area contributed by atoms with Gasteiger partial charge in [-0.3, -0.25) is 24.3 Å². The number of rotatable bonds is 6. The summed E-state index contributed by atoms with van der Waals surface area (Å²) in [5.74, 6) is -0.814. The van der Waals surface area contributed by atoms with Crippen molar-refractivity contribution in [2.24, 2.45) is 0 Å². The van der Waals surface area contributed by atoms with Gasteiger partial charge in [0, 0.05) is 5.02 Å². The predicted octanol–water partition coefficient (Wildman–Crippen LogP) is 3.39. The molecule has 3 rings (SSSR count). The number of carbonyl (C=O) groups excluding carboxylic acids is 1. The molecule has 0 atom stereocenters. The maximum atomic E-state index is 13.2. The molecule has 29 heavy (non-hydrogen) atoms. The van der Waals surface area contributed by atoms with Gasteiger partial charge < -0.3 is 5.32 Å². The fourth-order valence-corrected chi connectivity index (χ4v) is 3.16. The fraction of sp³-hybridized carbons (Fsp3) is 0.278. The van der Waals surface area contributed by atoms with Crippen LogP contribution in [0.2, 0.25) is 5.02 Å². The molecule has 0 aliphatic rings. The zero-order valence-corrected chi connectivity index (χ0v) is 16.7. The van der Waals surface area contributed by atoms with Gasteiger partial charge in [-0.2, -0.15) is 10.2 Å². The zero-order valence-electron chi connectivity index (χ0n) is 15.9. The summed E-state index contributed by atoms with van der Waals surface area (Å²) in [4.78, 5) is 22.8. The first-order valence-electron chi connectivity index (χ1n) is 8.62. The van der Waals surface area contributed by atoms with E-state index in [1.807, 2.05) is 0 Å². The van der Waals surface area contributed by atoms with Gasteiger partial charge in [0.2, 0.25) is 5.91 Å². The average molecular weight is 421 g/mol. The summed E-state index contributed by atoms with van der Waals surface area (Å²) < 4.78 is 16.2.